The molecule has 2 aromatic rings. The van der Waals surface area contributed by atoms with Crippen molar-refractivity contribution >= 4 is 64.9 Å². The molecule has 5 atom stereocenters. The number of aromatic nitrogens is 2. The zero-order chi connectivity index (χ0) is 56.5. The van der Waals surface area contributed by atoms with Crippen LogP contribution in [0.3, 0.4) is 0 Å². The predicted octanol–water partition coefficient (Wildman–Crippen LogP) is -4.06. The average molecular weight is 1150 g/mol. The highest BCUT2D eigenvalue weighted by atomic mass is 31.2. The Kier molecular flexibility index (Phi) is 41.6. The van der Waals surface area contributed by atoms with Gasteiger partial charge in [0.25, 0.3) is 5.91 Å². The van der Waals surface area contributed by atoms with Crippen LogP contribution >= 0.6 is 46.9 Å². The van der Waals surface area contributed by atoms with Crippen LogP contribution in [0, 0.1) is 0 Å². The second-order valence-corrected chi connectivity index (χ2v) is 19.0. The van der Waals surface area contributed by atoms with Gasteiger partial charge in [-0.05, 0) is 31.0 Å². The van der Waals surface area contributed by atoms with Gasteiger partial charge in [0.2, 0.25) is 0 Å². The number of carbonyl (C=O) groups excluding carboxylic acids is 2. The molecule has 3 rings (SSSR count). The van der Waals surface area contributed by atoms with Gasteiger partial charge in [-0.15, -0.1) is 0 Å². The fourth-order valence-electron chi connectivity index (χ4n) is 4.22. The zero-order valence-corrected chi connectivity index (χ0v) is 41.4. The molecule has 2 heterocycles. The molecular formula is C28H60N4O32P6. The summed E-state index contributed by atoms with van der Waals surface area (Å²) in [4.78, 5) is 167. The van der Waals surface area contributed by atoms with E-state index in [-0.39, 0.29) is 11.7 Å². The van der Waals surface area contributed by atoms with Crippen LogP contribution in [0.15, 0.2) is 41.3 Å². The number of carbonyl (C=O) groups is 2. The maximum atomic E-state index is 11.9. The minimum atomic E-state index is -4.64. The van der Waals surface area contributed by atoms with E-state index in [0.29, 0.717) is 17.5 Å². The third kappa shape index (κ3) is 69.8. The van der Waals surface area contributed by atoms with Crippen LogP contribution in [0.2, 0.25) is 0 Å². The van der Waals surface area contributed by atoms with Gasteiger partial charge in [0.15, 0.2) is 6.23 Å². The molecule has 1 aromatic heterocycles. The molecule has 70 heavy (non-hydrogen) atoms. The number of aldehydes is 1. The monoisotopic (exact) mass is 1150 g/mol. The van der Waals surface area contributed by atoms with Crippen LogP contribution in [-0.4, -0.2) is 161 Å². The first-order chi connectivity index (χ1) is 31.2. The van der Waals surface area contributed by atoms with E-state index >= 15 is 0 Å². The minimum absolute atomic E-state index is 0.0537. The minimum Gasteiger partial charge on any atom is -0.394 e. The number of hydrogen-bond acceptors (Lipinski definition) is 16. The maximum Gasteiger partial charge on any atom is 0.466 e. The van der Waals surface area contributed by atoms with Gasteiger partial charge < -0.3 is 124 Å². The fourth-order valence-corrected chi connectivity index (χ4v) is 4.22. The number of nitrogens with two attached hydrogens (primary N) is 1. The molecule has 1 amide bonds. The van der Waals surface area contributed by atoms with E-state index in [9.17, 15) is 29.7 Å². The number of benzene rings is 1. The van der Waals surface area contributed by atoms with Crippen molar-refractivity contribution in [2.24, 2.45) is 0 Å². The van der Waals surface area contributed by atoms with Crippen LogP contribution in [0.1, 0.15) is 91.7 Å². The average Bonchev–Trinajstić information content (AvgIpc) is 3.41. The Labute approximate surface area is 395 Å². The lowest BCUT2D eigenvalue weighted by atomic mass is 10.1. The van der Waals surface area contributed by atoms with Crippen molar-refractivity contribution in [2.75, 3.05) is 12.3 Å². The number of unbranched alkanes of at least 4 members (excludes halogenated alkanes) is 7. The van der Waals surface area contributed by atoms with Crippen molar-refractivity contribution < 1.29 is 150 Å². The van der Waals surface area contributed by atoms with E-state index in [4.69, 9.17) is 131 Å². The molecule has 0 bridgehead atoms. The second-order valence-electron chi connectivity index (χ2n) is 12.8. The van der Waals surface area contributed by atoms with E-state index in [0.717, 1.165) is 23.7 Å². The Morgan fingerprint density at radius 1 is 0.671 bits per heavy atom. The molecule has 0 spiro atoms. The topological polar surface area (TPSA) is 664 Å². The Morgan fingerprint density at radius 2 is 1.03 bits per heavy atom. The highest BCUT2D eigenvalue weighted by molar-refractivity contribution is 7.46. The number of amides is 1. The smallest absolute Gasteiger partial charge is 0.394 e. The van der Waals surface area contributed by atoms with Crippen molar-refractivity contribution in [1.82, 2.24) is 14.9 Å². The van der Waals surface area contributed by atoms with Gasteiger partial charge in [0, 0.05) is 17.3 Å². The summed E-state index contributed by atoms with van der Waals surface area (Å²) >= 11 is 0. The number of nitrogens with zero attached hydrogens (tertiary/aromatic N) is 2. The van der Waals surface area contributed by atoms with Crippen molar-refractivity contribution in [3.63, 3.8) is 0 Å². The summed E-state index contributed by atoms with van der Waals surface area (Å²) in [6.07, 6.45) is 6.89. The summed E-state index contributed by atoms with van der Waals surface area (Å²) in [5.74, 6) is -0.257. The highest BCUT2D eigenvalue weighted by Crippen LogP contribution is 2.29. The summed E-state index contributed by atoms with van der Waals surface area (Å²) in [5.41, 5.74) is 5.61. The quantitative estimate of drug-likeness (QED) is 0.0370. The van der Waals surface area contributed by atoms with Crippen LogP contribution in [-0.2, 0) is 32.1 Å². The summed E-state index contributed by atoms with van der Waals surface area (Å²) in [6.45, 7) is 1.76. The molecule has 1 aromatic carbocycles. The lowest BCUT2D eigenvalue weighted by molar-refractivity contribution is -0.0549. The molecule has 1 aliphatic heterocycles. The van der Waals surface area contributed by atoms with Crippen molar-refractivity contribution in [3.05, 3.63) is 58.1 Å². The first kappa shape index (κ1) is 76.4. The van der Waals surface area contributed by atoms with Crippen molar-refractivity contribution in [3.8, 4) is 0 Å². The standard InChI is InChI=1S/C19H29NO3.C9H13N3O5.6H3O4P/c1-2-3-4-5-6-7-8-9-10-18(22)20-19(23)17-13-11-16(15-21)12-14-17;10-5-1-2-12(9(16)11-5)8-7(15)6(14)4(3-13)17-8;6*1-5(2,3)4/h11-15,18,22H,2-10H2,1H3,(H,20,23);1-2,4,6-8,13-15H,3H2,(H2,10,11,16);6*(H3,1,2,3,4)/t;4-,6-,7-,8-;;;;;;/m.1....../s1. The molecule has 0 aliphatic carbocycles. The lowest BCUT2D eigenvalue weighted by Gasteiger charge is -2.16. The Morgan fingerprint density at radius 3 is 1.34 bits per heavy atom. The fraction of sp³-hybridized carbons (Fsp3) is 0.571. The molecule has 1 saturated heterocycles. The third-order valence-corrected chi connectivity index (χ3v) is 6.58. The predicted molar refractivity (Wildman–Crippen MR) is 234 cm³/mol. The largest absolute Gasteiger partial charge is 0.466 e. The van der Waals surface area contributed by atoms with E-state index in [2.05, 4.69) is 17.2 Å². The molecule has 42 heteroatoms. The molecule has 414 valence electrons. The normalized spacial score (nSPS) is 17.0. The first-order valence-electron chi connectivity index (χ1n) is 18.4. The summed E-state index contributed by atoms with van der Waals surface area (Å²) in [7, 11) is -27.8. The number of hydrogen-bond donors (Lipinski definition) is 24. The van der Waals surface area contributed by atoms with Gasteiger partial charge in [-0.2, -0.15) is 4.98 Å². The van der Waals surface area contributed by atoms with E-state index in [1.165, 1.54) is 50.8 Å². The number of anilines is 1. The van der Waals surface area contributed by atoms with Crippen molar-refractivity contribution in [1.29, 1.82) is 0 Å². The summed E-state index contributed by atoms with van der Waals surface area (Å²) in [5, 5.41) is 40.6. The number of nitrogens with one attached hydrogen (secondary N) is 1. The van der Waals surface area contributed by atoms with Gasteiger partial charge in [-0.25, -0.2) is 32.2 Å². The van der Waals surface area contributed by atoms with E-state index < -0.39 is 90.0 Å². The number of aliphatic hydroxyl groups is 4. The second kappa shape index (κ2) is 38.1. The molecular weight excluding hydrogens is 1090 g/mol. The van der Waals surface area contributed by atoms with Crippen LogP contribution in [0.4, 0.5) is 5.82 Å². The molecule has 0 saturated carbocycles. The zero-order valence-electron chi connectivity index (χ0n) is 36.1. The van der Waals surface area contributed by atoms with Crippen molar-refractivity contribution in [2.45, 2.75) is 95.5 Å². The third-order valence-electron chi connectivity index (χ3n) is 6.58. The number of nitrogen functional groups attached to an aromatic ring is 1. The molecule has 1 unspecified atom stereocenters. The van der Waals surface area contributed by atoms with Gasteiger partial charge in [-0.1, -0.05) is 64.0 Å². The molecule has 1 aliphatic rings. The molecule has 1 fully saturated rings. The summed E-state index contributed by atoms with van der Waals surface area (Å²) < 4.78 is 59.5. The number of ether oxygens (including phenoxy) is 1. The molecule has 36 nitrogen and oxygen atoms in total. The van der Waals surface area contributed by atoms with Gasteiger partial charge >= 0.3 is 52.6 Å². The SMILES string of the molecule is CCCCCCCCCCC(O)NC(=O)c1ccc(C=O)cc1.Nc1ccn([C@@H]2O[C@H](CO)[C@@H](O)[C@H]2O)c(=O)n1.O=P(O)(O)O.O=P(O)(O)O.O=P(O)(O)O.O=P(O)(O)O.O=P(O)(O)O.O=P(O)(O)O. The van der Waals surface area contributed by atoms with Crippen LogP contribution < -0.4 is 16.7 Å². The Hall–Kier alpha value is -2.50. The number of phosphoric acid groups is 6. The van der Waals surface area contributed by atoms with Gasteiger partial charge in [-0.3, -0.25) is 14.2 Å². The first-order valence-corrected chi connectivity index (χ1v) is 27.8. The van der Waals surface area contributed by atoms with Gasteiger partial charge in [0.1, 0.15) is 36.6 Å². The van der Waals surface area contributed by atoms with Crippen LogP contribution in [0.25, 0.3) is 0 Å². The Balaban J connectivity index is -0.000000260. The number of aliphatic hydroxyl groups excluding tert-OH is 4. The molecule has 25 N–H and O–H groups in total. The summed E-state index contributed by atoms with van der Waals surface area (Å²) in [6, 6.07) is 7.72. The number of rotatable bonds is 14. The Bertz CT molecular complexity index is 1880. The van der Waals surface area contributed by atoms with E-state index in [1.807, 2.05) is 0 Å². The highest BCUT2D eigenvalue weighted by Gasteiger charge is 2.43. The maximum absolute atomic E-state index is 11.9. The van der Waals surface area contributed by atoms with Gasteiger partial charge in [0.05, 0.1) is 6.61 Å². The van der Waals surface area contributed by atoms with Crippen LogP contribution in [0.5, 0.6) is 0 Å². The molecule has 0 radical (unpaired) electrons. The van der Waals surface area contributed by atoms with E-state index in [1.54, 1.807) is 24.3 Å². The lowest BCUT2D eigenvalue weighted by Crippen LogP contribution is -2.36.